The standard InChI is InChI=1S/C9H15N3O3S/c1-7-11-12-9(15-7)6-10-5-8-3-2-4-16(8,13)14/h8,10H,2-6H2,1H3. The fourth-order valence-corrected chi connectivity index (χ4v) is 3.64. The summed E-state index contributed by atoms with van der Waals surface area (Å²) in [5, 5.41) is 10.3. The molecule has 16 heavy (non-hydrogen) atoms. The third-order valence-electron chi connectivity index (χ3n) is 2.68. The van der Waals surface area contributed by atoms with E-state index >= 15 is 0 Å². The lowest BCUT2D eigenvalue weighted by Crippen LogP contribution is -2.30. The molecular weight excluding hydrogens is 230 g/mol. The molecule has 1 aliphatic rings. The zero-order valence-electron chi connectivity index (χ0n) is 9.14. The smallest absolute Gasteiger partial charge is 0.230 e. The van der Waals surface area contributed by atoms with Crippen LogP contribution in [-0.4, -0.2) is 36.2 Å². The van der Waals surface area contributed by atoms with Crippen LogP contribution < -0.4 is 5.32 Å². The van der Waals surface area contributed by atoms with Gasteiger partial charge >= 0.3 is 0 Å². The van der Waals surface area contributed by atoms with Crippen molar-refractivity contribution in [3.05, 3.63) is 11.8 Å². The van der Waals surface area contributed by atoms with E-state index in [4.69, 9.17) is 4.42 Å². The van der Waals surface area contributed by atoms with Crippen LogP contribution in [0.5, 0.6) is 0 Å². The Morgan fingerprint density at radius 3 is 2.88 bits per heavy atom. The zero-order chi connectivity index (χ0) is 11.6. The predicted octanol–water partition coefficient (Wildman–Crippen LogP) is 0.0448. The molecule has 0 bridgehead atoms. The van der Waals surface area contributed by atoms with Crippen molar-refractivity contribution < 1.29 is 12.8 Å². The van der Waals surface area contributed by atoms with Crippen LogP contribution in [0.4, 0.5) is 0 Å². The molecule has 1 unspecified atom stereocenters. The number of hydrogen-bond donors (Lipinski definition) is 1. The molecule has 90 valence electrons. The minimum Gasteiger partial charge on any atom is -0.424 e. The largest absolute Gasteiger partial charge is 0.424 e. The Bertz CT molecular complexity index is 454. The third kappa shape index (κ3) is 2.59. The number of aryl methyl sites for hydroxylation is 1. The van der Waals surface area contributed by atoms with E-state index in [2.05, 4.69) is 15.5 Å². The van der Waals surface area contributed by atoms with Crippen LogP contribution in [0.25, 0.3) is 0 Å². The van der Waals surface area contributed by atoms with Gasteiger partial charge in [-0.3, -0.25) is 0 Å². The van der Waals surface area contributed by atoms with Crippen LogP contribution >= 0.6 is 0 Å². The molecule has 0 amide bonds. The maximum atomic E-state index is 11.5. The van der Waals surface area contributed by atoms with E-state index in [1.54, 1.807) is 6.92 Å². The first-order valence-corrected chi connectivity index (χ1v) is 7.01. The van der Waals surface area contributed by atoms with E-state index in [0.29, 0.717) is 30.6 Å². The first kappa shape index (κ1) is 11.5. The maximum absolute atomic E-state index is 11.5. The molecular formula is C9H15N3O3S. The van der Waals surface area contributed by atoms with Gasteiger partial charge in [-0.25, -0.2) is 8.42 Å². The van der Waals surface area contributed by atoms with E-state index in [1.807, 2.05) is 0 Å². The van der Waals surface area contributed by atoms with Gasteiger partial charge in [0.15, 0.2) is 9.84 Å². The van der Waals surface area contributed by atoms with Crippen LogP contribution in [0.15, 0.2) is 4.42 Å². The molecule has 2 heterocycles. The predicted molar refractivity (Wildman–Crippen MR) is 57.6 cm³/mol. The molecule has 0 spiro atoms. The summed E-state index contributed by atoms with van der Waals surface area (Å²) in [7, 11) is -2.87. The van der Waals surface area contributed by atoms with E-state index in [0.717, 1.165) is 12.8 Å². The van der Waals surface area contributed by atoms with E-state index in [-0.39, 0.29) is 5.25 Å². The Hall–Kier alpha value is -0.950. The Balaban J connectivity index is 1.80. The molecule has 1 fully saturated rings. The van der Waals surface area contributed by atoms with Gasteiger partial charge in [0, 0.05) is 13.5 Å². The quantitative estimate of drug-likeness (QED) is 0.806. The lowest BCUT2D eigenvalue weighted by Gasteiger charge is -2.08. The average Bonchev–Trinajstić information content (AvgIpc) is 2.74. The summed E-state index contributed by atoms with van der Waals surface area (Å²) in [5.41, 5.74) is 0. The number of aromatic nitrogens is 2. The van der Waals surface area contributed by atoms with Crippen molar-refractivity contribution >= 4 is 9.84 Å². The van der Waals surface area contributed by atoms with Crippen LogP contribution in [0.1, 0.15) is 24.6 Å². The highest BCUT2D eigenvalue weighted by Gasteiger charge is 2.30. The molecule has 7 heteroatoms. The molecule has 1 aliphatic heterocycles. The summed E-state index contributed by atoms with van der Waals surface area (Å²) < 4.78 is 28.2. The molecule has 6 nitrogen and oxygen atoms in total. The molecule has 1 atom stereocenters. The van der Waals surface area contributed by atoms with Crippen LogP contribution in [0.2, 0.25) is 0 Å². The first-order valence-electron chi connectivity index (χ1n) is 5.29. The highest BCUT2D eigenvalue weighted by molar-refractivity contribution is 7.92. The maximum Gasteiger partial charge on any atom is 0.230 e. The Morgan fingerprint density at radius 2 is 2.31 bits per heavy atom. The third-order valence-corrected chi connectivity index (χ3v) is 4.95. The average molecular weight is 245 g/mol. The van der Waals surface area contributed by atoms with Gasteiger partial charge in [0.25, 0.3) is 0 Å². The molecule has 0 aromatic carbocycles. The lowest BCUT2D eigenvalue weighted by atomic mass is 10.2. The van der Waals surface area contributed by atoms with Gasteiger partial charge in [0.05, 0.1) is 17.5 Å². The highest BCUT2D eigenvalue weighted by atomic mass is 32.2. The van der Waals surface area contributed by atoms with Gasteiger partial charge in [0.2, 0.25) is 11.8 Å². The minimum absolute atomic E-state index is 0.253. The number of sulfone groups is 1. The second-order valence-corrected chi connectivity index (χ2v) is 6.38. The zero-order valence-corrected chi connectivity index (χ0v) is 9.96. The van der Waals surface area contributed by atoms with Crippen molar-refractivity contribution in [2.75, 3.05) is 12.3 Å². The van der Waals surface area contributed by atoms with Crippen molar-refractivity contribution in [1.29, 1.82) is 0 Å². The number of nitrogens with one attached hydrogen (secondary N) is 1. The number of rotatable bonds is 4. The molecule has 1 N–H and O–H groups in total. The van der Waals surface area contributed by atoms with E-state index in [1.165, 1.54) is 0 Å². The summed E-state index contributed by atoms with van der Waals surface area (Å²) in [6.45, 7) is 2.61. The van der Waals surface area contributed by atoms with Crippen LogP contribution in [0, 0.1) is 6.92 Å². The summed E-state index contributed by atoms with van der Waals surface area (Å²) >= 11 is 0. The topological polar surface area (TPSA) is 85.1 Å². The molecule has 1 aromatic rings. The molecule has 1 aromatic heterocycles. The molecule has 0 saturated carbocycles. The molecule has 0 radical (unpaired) electrons. The lowest BCUT2D eigenvalue weighted by molar-refractivity contribution is 0.445. The minimum atomic E-state index is -2.87. The second-order valence-electron chi connectivity index (χ2n) is 3.98. The van der Waals surface area contributed by atoms with Gasteiger partial charge in [-0.15, -0.1) is 10.2 Å². The van der Waals surface area contributed by atoms with E-state index < -0.39 is 9.84 Å². The second kappa shape index (κ2) is 4.50. The Morgan fingerprint density at radius 1 is 1.50 bits per heavy atom. The molecule has 2 rings (SSSR count). The van der Waals surface area contributed by atoms with Crippen LogP contribution in [-0.2, 0) is 16.4 Å². The molecule has 1 saturated heterocycles. The van der Waals surface area contributed by atoms with Gasteiger partial charge in [-0.2, -0.15) is 0 Å². The van der Waals surface area contributed by atoms with Crippen molar-refractivity contribution in [3.63, 3.8) is 0 Å². The Kier molecular flexibility index (Phi) is 3.25. The first-order chi connectivity index (χ1) is 7.58. The van der Waals surface area contributed by atoms with Crippen molar-refractivity contribution in [2.24, 2.45) is 0 Å². The van der Waals surface area contributed by atoms with Gasteiger partial charge in [-0.1, -0.05) is 0 Å². The van der Waals surface area contributed by atoms with Crippen LogP contribution in [0.3, 0.4) is 0 Å². The van der Waals surface area contributed by atoms with Gasteiger partial charge in [-0.05, 0) is 12.8 Å². The van der Waals surface area contributed by atoms with Gasteiger partial charge in [0.1, 0.15) is 0 Å². The SMILES string of the molecule is Cc1nnc(CNCC2CCCS2(=O)=O)o1. The normalized spacial score (nSPS) is 23.7. The Labute approximate surface area is 94.4 Å². The fraction of sp³-hybridized carbons (Fsp3) is 0.778. The molecule has 0 aliphatic carbocycles. The van der Waals surface area contributed by atoms with E-state index in [9.17, 15) is 8.42 Å². The summed E-state index contributed by atoms with van der Waals surface area (Å²) in [5.74, 6) is 1.33. The highest BCUT2D eigenvalue weighted by Crippen LogP contribution is 2.19. The summed E-state index contributed by atoms with van der Waals surface area (Å²) in [4.78, 5) is 0. The van der Waals surface area contributed by atoms with Crippen molar-refractivity contribution in [3.8, 4) is 0 Å². The fourth-order valence-electron chi connectivity index (χ4n) is 1.84. The van der Waals surface area contributed by atoms with Gasteiger partial charge < -0.3 is 9.73 Å². The summed E-state index contributed by atoms with van der Waals surface area (Å²) in [6.07, 6.45) is 1.52. The van der Waals surface area contributed by atoms with Crippen molar-refractivity contribution in [1.82, 2.24) is 15.5 Å². The van der Waals surface area contributed by atoms with Crippen molar-refractivity contribution in [2.45, 2.75) is 31.6 Å². The number of nitrogens with zero attached hydrogens (tertiary/aromatic N) is 2. The summed E-state index contributed by atoms with van der Waals surface area (Å²) in [6, 6.07) is 0. The monoisotopic (exact) mass is 245 g/mol. The number of hydrogen-bond acceptors (Lipinski definition) is 6.